The van der Waals surface area contributed by atoms with E-state index < -0.39 is 0 Å². The SMILES string of the molecule is CCCc1ccc(NC(=O)CSCC(=O)OCC)cc1. The number of hydrogen-bond donors (Lipinski definition) is 1. The Kier molecular flexibility index (Phi) is 7.80. The van der Waals surface area contributed by atoms with Crippen molar-refractivity contribution < 1.29 is 14.3 Å². The smallest absolute Gasteiger partial charge is 0.315 e. The van der Waals surface area contributed by atoms with Gasteiger partial charge in [-0.15, -0.1) is 11.8 Å². The van der Waals surface area contributed by atoms with Crippen LogP contribution in [0.2, 0.25) is 0 Å². The number of rotatable bonds is 8. The molecule has 0 fully saturated rings. The average molecular weight is 295 g/mol. The summed E-state index contributed by atoms with van der Waals surface area (Å²) in [6.45, 7) is 4.27. The predicted octanol–water partition coefficient (Wildman–Crippen LogP) is 2.87. The molecule has 1 N–H and O–H groups in total. The van der Waals surface area contributed by atoms with Crippen molar-refractivity contribution >= 4 is 29.3 Å². The number of benzene rings is 1. The van der Waals surface area contributed by atoms with E-state index in [0.29, 0.717) is 6.61 Å². The number of ether oxygens (including phenoxy) is 1. The minimum atomic E-state index is -0.283. The van der Waals surface area contributed by atoms with E-state index >= 15 is 0 Å². The lowest BCUT2D eigenvalue weighted by atomic mass is 10.1. The maximum atomic E-state index is 11.7. The first-order valence-corrected chi connectivity index (χ1v) is 7.93. The van der Waals surface area contributed by atoms with Gasteiger partial charge in [-0.05, 0) is 31.0 Å². The molecule has 0 heterocycles. The highest BCUT2D eigenvalue weighted by atomic mass is 32.2. The molecule has 4 nitrogen and oxygen atoms in total. The van der Waals surface area contributed by atoms with Crippen LogP contribution in [0, 0.1) is 0 Å². The van der Waals surface area contributed by atoms with Crippen molar-refractivity contribution in [3.8, 4) is 0 Å². The number of aryl methyl sites for hydroxylation is 1. The van der Waals surface area contributed by atoms with Gasteiger partial charge < -0.3 is 10.1 Å². The molecule has 1 aromatic rings. The second-order valence-electron chi connectivity index (χ2n) is 4.29. The van der Waals surface area contributed by atoms with Crippen molar-refractivity contribution in [1.29, 1.82) is 0 Å². The lowest BCUT2D eigenvalue weighted by Crippen LogP contribution is -2.16. The molecule has 0 atom stereocenters. The molecular formula is C15H21NO3S. The largest absolute Gasteiger partial charge is 0.465 e. The summed E-state index contributed by atoms with van der Waals surface area (Å²) < 4.78 is 4.79. The minimum absolute atomic E-state index is 0.109. The van der Waals surface area contributed by atoms with Crippen LogP contribution in [-0.4, -0.2) is 30.0 Å². The van der Waals surface area contributed by atoms with Gasteiger partial charge in [-0.1, -0.05) is 25.5 Å². The number of esters is 1. The zero-order valence-electron chi connectivity index (χ0n) is 12.0. The summed E-state index contributed by atoms with van der Waals surface area (Å²) in [6.07, 6.45) is 2.15. The molecule has 0 aliphatic heterocycles. The van der Waals surface area contributed by atoms with E-state index in [4.69, 9.17) is 4.74 Å². The van der Waals surface area contributed by atoms with Gasteiger partial charge in [0.2, 0.25) is 5.91 Å². The topological polar surface area (TPSA) is 55.4 Å². The average Bonchev–Trinajstić information content (AvgIpc) is 2.41. The summed E-state index contributed by atoms with van der Waals surface area (Å²) in [4.78, 5) is 22.8. The van der Waals surface area contributed by atoms with Crippen molar-refractivity contribution in [1.82, 2.24) is 0 Å². The van der Waals surface area contributed by atoms with Gasteiger partial charge in [-0.3, -0.25) is 9.59 Å². The van der Waals surface area contributed by atoms with Crippen LogP contribution >= 0.6 is 11.8 Å². The van der Waals surface area contributed by atoms with Crippen LogP contribution in [0.4, 0.5) is 5.69 Å². The van der Waals surface area contributed by atoms with Crippen LogP contribution < -0.4 is 5.32 Å². The molecule has 0 aliphatic rings. The molecule has 20 heavy (non-hydrogen) atoms. The lowest BCUT2D eigenvalue weighted by molar-refractivity contribution is -0.139. The molecule has 0 aromatic heterocycles. The highest BCUT2D eigenvalue weighted by Crippen LogP contribution is 2.12. The summed E-state index contributed by atoms with van der Waals surface area (Å²) in [5, 5.41) is 2.81. The third kappa shape index (κ3) is 6.61. The molecule has 110 valence electrons. The van der Waals surface area contributed by atoms with Crippen molar-refractivity contribution in [3.05, 3.63) is 29.8 Å². The van der Waals surface area contributed by atoms with Crippen LogP contribution in [-0.2, 0) is 20.7 Å². The number of nitrogens with one attached hydrogen (secondary N) is 1. The zero-order valence-corrected chi connectivity index (χ0v) is 12.8. The van der Waals surface area contributed by atoms with Gasteiger partial charge in [-0.2, -0.15) is 0 Å². The van der Waals surface area contributed by atoms with E-state index in [0.717, 1.165) is 18.5 Å². The Bertz CT molecular complexity index is 431. The second-order valence-corrected chi connectivity index (χ2v) is 5.28. The zero-order chi connectivity index (χ0) is 14.8. The molecule has 0 bridgehead atoms. The molecule has 0 spiro atoms. The van der Waals surface area contributed by atoms with Crippen LogP contribution in [0.3, 0.4) is 0 Å². The van der Waals surface area contributed by atoms with Crippen LogP contribution in [0.5, 0.6) is 0 Å². The van der Waals surface area contributed by atoms with Crippen molar-refractivity contribution in [2.24, 2.45) is 0 Å². The van der Waals surface area contributed by atoms with Crippen LogP contribution in [0.15, 0.2) is 24.3 Å². The number of thioether (sulfide) groups is 1. The first kappa shape index (κ1) is 16.6. The first-order chi connectivity index (χ1) is 9.65. The molecule has 5 heteroatoms. The molecular weight excluding hydrogens is 274 g/mol. The van der Waals surface area contributed by atoms with E-state index in [9.17, 15) is 9.59 Å². The molecule has 1 aromatic carbocycles. The van der Waals surface area contributed by atoms with E-state index in [1.165, 1.54) is 17.3 Å². The normalized spacial score (nSPS) is 10.1. The summed E-state index contributed by atoms with van der Waals surface area (Å²) in [5.74, 6) is 0.0587. The molecule has 0 saturated carbocycles. The number of hydrogen-bond acceptors (Lipinski definition) is 4. The number of carbonyl (C=O) groups excluding carboxylic acids is 2. The highest BCUT2D eigenvalue weighted by Gasteiger charge is 2.06. The minimum Gasteiger partial charge on any atom is -0.465 e. The van der Waals surface area contributed by atoms with Crippen molar-refractivity contribution in [2.75, 3.05) is 23.4 Å². The molecule has 1 amide bonds. The van der Waals surface area contributed by atoms with E-state index in [1.807, 2.05) is 24.3 Å². The third-order valence-corrected chi connectivity index (χ3v) is 3.44. The number of amides is 1. The maximum Gasteiger partial charge on any atom is 0.315 e. The van der Waals surface area contributed by atoms with Gasteiger partial charge in [-0.25, -0.2) is 0 Å². The Morgan fingerprint density at radius 1 is 1.15 bits per heavy atom. The van der Waals surface area contributed by atoms with Gasteiger partial charge in [0.05, 0.1) is 18.1 Å². The summed E-state index contributed by atoms with van der Waals surface area (Å²) >= 11 is 1.25. The van der Waals surface area contributed by atoms with Gasteiger partial charge in [0.1, 0.15) is 0 Å². The van der Waals surface area contributed by atoms with E-state index in [-0.39, 0.29) is 23.4 Å². The maximum absolute atomic E-state index is 11.7. The molecule has 0 aliphatic carbocycles. The fourth-order valence-electron chi connectivity index (χ4n) is 1.67. The Labute approximate surface area is 124 Å². The summed E-state index contributed by atoms with van der Waals surface area (Å²) in [7, 11) is 0. The molecule has 0 unspecified atom stereocenters. The quantitative estimate of drug-likeness (QED) is 0.749. The number of carbonyl (C=O) groups is 2. The van der Waals surface area contributed by atoms with Gasteiger partial charge in [0, 0.05) is 5.69 Å². The van der Waals surface area contributed by atoms with Crippen molar-refractivity contribution in [3.63, 3.8) is 0 Å². The fourth-order valence-corrected chi connectivity index (χ4v) is 2.28. The van der Waals surface area contributed by atoms with Gasteiger partial charge in [0.25, 0.3) is 0 Å². The standard InChI is InChI=1S/C15H21NO3S/c1-3-5-12-6-8-13(9-7-12)16-14(17)10-20-11-15(18)19-4-2/h6-9H,3-5,10-11H2,1-2H3,(H,16,17). The molecule has 0 saturated heterocycles. The fraction of sp³-hybridized carbons (Fsp3) is 0.467. The first-order valence-electron chi connectivity index (χ1n) is 6.77. The van der Waals surface area contributed by atoms with Crippen LogP contribution in [0.25, 0.3) is 0 Å². The summed E-state index contributed by atoms with van der Waals surface area (Å²) in [5.41, 5.74) is 2.05. The van der Waals surface area contributed by atoms with Crippen LogP contribution in [0.1, 0.15) is 25.8 Å². The lowest BCUT2D eigenvalue weighted by Gasteiger charge is -2.06. The van der Waals surface area contributed by atoms with E-state index in [1.54, 1.807) is 6.92 Å². The Morgan fingerprint density at radius 3 is 2.45 bits per heavy atom. The molecule has 1 rings (SSSR count). The molecule has 0 radical (unpaired) electrons. The highest BCUT2D eigenvalue weighted by molar-refractivity contribution is 8.00. The monoisotopic (exact) mass is 295 g/mol. The van der Waals surface area contributed by atoms with E-state index in [2.05, 4.69) is 12.2 Å². The Hall–Kier alpha value is -1.49. The summed E-state index contributed by atoms with van der Waals surface area (Å²) in [6, 6.07) is 7.84. The van der Waals surface area contributed by atoms with Crippen molar-refractivity contribution in [2.45, 2.75) is 26.7 Å². The third-order valence-electron chi connectivity index (χ3n) is 2.53. The predicted molar refractivity (Wildman–Crippen MR) is 83.0 cm³/mol. The van der Waals surface area contributed by atoms with Gasteiger partial charge >= 0.3 is 5.97 Å². The van der Waals surface area contributed by atoms with Gasteiger partial charge in [0.15, 0.2) is 0 Å². The number of anilines is 1. The Balaban J connectivity index is 2.29. The Morgan fingerprint density at radius 2 is 1.85 bits per heavy atom. The second kappa shape index (κ2) is 9.42.